The summed E-state index contributed by atoms with van der Waals surface area (Å²) in [7, 11) is 0. The van der Waals surface area contributed by atoms with Crippen LogP contribution >= 0.6 is 0 Å². The molecule has 0 bridgehead atoms. The van der Waals surface area contributed by atoms with E-state index in [0.717, 1.165) is 24.6 Å². The second-order valence-electron chi connectivity index (χ2n) is 9.39. The summed E-state index contributed by atoms with van der Waals surface area (Å²) in [6.45, 7) is 5.34. The van der Waals surface area contributed by atoms with E-state index in [1.54, 1.807) is 0 Å². The Morgan fingerprint density at radius 2 is 1.39 bits per heavy atom. The summed E-state index contributed by atoms with van der Waals surface area (Å²) in [5, 5.41) is 0. The lowest BCUT2D eigenvalue weighted by Crippen LogP contribution is -2.20. The van der Waals surface area contributed by atoms with Crippen LogP contribution in [0, 0.1) is 5.92 Å². The molecule has 3 nitrogen and oxygen atoms in total. The molecule has 0 N–H and O–H groups in total. The van der Waals surface area contributed by atoms with E-state index in [9.17, 15) is 0 Å². The van der Waals surface area contributed by atoms with E-state index in [2.05, 4.69) is 50.5 Å². The van der Waals surface area contributed by atoms with Crippen molar-refractivity contribution in [1.29, 1.82) is 0 Å². The van der Waals surface area contributed by atoms with Crippen LogP contribution in [-0.4, -0.2) is 16.6 Å². The molecule has 1 aliphatic rings. The summed E-state index contributed by atoms with van der Waals surface area (Å²) in [4.78, 5) is 9.45. The van der Waals surface area contributed by atoms with E-state index >= 15 is 0 Å². The van der Waals surface area contributed by atoms with E-state index in [1.165, 1.54) is 88.2 Å². The Labute approximate surface area is 190 Å². The molecule has 3 heteroatoms. The lowest BCUT2D eigenvalue weighted by molar-refractivity contribution is 0.198. The molecule has 0 spiro atoms. The molecular weight excluding hydrogens is 380 g/mol. The third-order valence-electron chi connectivity index (χ3n) is 6.73. The zero-order chi connectivity index (χ0) is 21.7. The third kappa shape index (κ3) is 8.27. The number of aromatic nitrogens is 2. The smallest absolute Gasteiger partial charge is 0.131 e. The summed E-state index contributed by atoms with van der Waals surface area (Å²) in [6.07, 6.45) is 20.3. The first-order chi connectivity index (χ1) is 15.3. The van der Waals surface area contributed by atoms with Gasteiger partial charge in [-0.25, -0.2) is 9.97 Å². The van der Waals surface area contributed by atoms with E-state index in [4.69, 9.17) is 14.7 Å². The highest BCUT2D eigenvalue weighted by Gasteiger charge is 2.24. The van der Waals surface area contributed by atoms with Crippen LogP contribution < -0.4 is 4.74 Å². The van der Waals surface area contributed by atoms with Crippen LogP contribution in [0.4, 0.5) is 0 Å². The number of benzene rings is 1. The van der Waals surface area contributed by atoms with Crippen LogP contribution in [0.5, 0.6) is 5.75 Å². The summed E-state index contributed by atoms with van der Waals surface area (Å²) in [5.74, 6) is 3.24. The monoisotopic (exact) mass is 422 g/mol. The highest BCUT2D eigenvalue weighted by Crippen LogP contribution is 2.34. The summed E-state index contributed by atoms with van der Waals surface area (Å²) in [6, 6.07) is 8.70. The first kappa shape index (κ1) is 23.8. The Morgan fingerprint density at radius 1 is 0.742 bits per heavy atom. The van der Waals surface area contributed by atoms with Gasteiger partial charge in [-0.05, 0) is 80.5 Å². The second kappa shape index (κ2) is 13.5. The van der Waals surface area contributed by atoms with Gasteiger partial charge in [0.2, 0.25) is 0 Å². The number of nitrogens with zero attached hydrogens (tertiary/aromatic N) is 2. The van der Waals surface area contributed by atoms with Gasteiger partial charge in [0.1, 0.15) is 11.6 Å². The van der Waals surface area contributed by atoms with E-state index in [1.807, 2.05) is 0 Å². The van der Waals surface area contributed by atoms with E-state index in [-0.39, 0.29) is 0 Å². The number of rotatable bonds is 13. The standard InChI is InChI=1S/C28H42N2O/c1-3-5-7-8-9-11-25-20-29-28(30-21-25)26-16-12-24(13-17-26)22-31-27-18-14-23(15-19-27)10-6-4-2/h14-15,18-21,24,26H,3-13,16-17,22H2,1-2H3/t24-,26-. The molecule has 170 valence electrons. The topological polar surface area (TPSA) is 35.0 Å². The number of hydrogen-bond acceptors (Lipinski definition) is 3. The van der Waals surface area contributed by atoms with Crippen LogP contribution in [-0.2, 0) is 12.8 Å². The van der Waals surface area contributed by atoms with Crippen LogP contribution in [0.25, 0.3) is 0 Å². The Kier molecular flexibility index (Phi) is 10.3. The number of hydrogen-bond donors (Lipinski definition) is 0. The fourth-order valence-corrected chi connectivity index (χ4v) is 4.57. The first-order valence-corrected chi connectivity index (χ1v) is 12.8. The molecule has 1 saturated carbocycles. The summed E-state index contributed by atoms with van der Waals surface area (Å²) in [5.41, 5.74) is 2.71. The fourth-order valence-electron chi connectivity index (χ4n) is 4.57. The highest BCUT2D eigenvalue weighted by atomic mass is 16.5. The van der Waals surface area contributed by atoms with Gasteiger partial charge >= 0.3 is 0 Å². The maximum Gasteiger partial charge on any atom is 0.131 e. The molecule has 1 aliphatic carbocycles. The quantitative estimate of drug-likeness (QED) is 0.310. The number of ether oxygens (including phenoxy) is 1. The minimum atomic E-state index is 0.521. The van der Waals surface area contributed by atoms with Gasteiger partial charge in [-0.15, -0.1) is 0 Å². The van der Waals surface area contributed by atoms with Crippen molar-refractivity contribution in [3.8, 4) is 5.75 Å². The van der Waals surface area contributed by atoms with Crippen molar-refractivity contribution >= 4 is 0 Å². The Morgan fingerprint density at radius 3 is 2.06 bits per heavy atom. The van der Waals surface area contributed by atoms with Gasteiger partial charge in [0.05, 0.1) is 6.61 Å². The molecule has 0 radical (unpaired) electrons. The van der Waals surface area contributed by atoms with Gasteiger partial charge in [-0.3, -0.25) is 0 Å². The Balaban J connectivity index is 1.35. The summed E-state index contributed by atoms with van der Waals surface area (Å²) < 4.78 is 6.09. The molecule has 1 aromatic carbocycles. The predicted molar refractivity (Wildman–Crippen MR) is 130 cm³/mol. The minimum Gasteiger partial charge on any atom is -0.493 e. The number of unbranched alkanes of at least 4 members (excludes halogenated alkanes) is 5. The Hall–Kier alpha value is -1.90. The van der Waals surface area contributed by atoms with Crippen molar-refractivity contribution in [3.63, 3.8) is 0 Å². The van der Waals surface area contributed by atoms with Crippen molar-refractivity contribution in [2.75, 3.05) is 6.61 Å². The average Bonchev–Trinajstić information content (AvgIpc) is 2.83. The van der Waals surface area contributed by atoms with Crippen LogP contribution in [0.15, 0.2) is 36.7 Å². The maximum absolute atomic E-state index is 6.09. The lowest BCUT2D eigenvalue weighted by atomic mass is 9.82. The summed E-state index contributed by atoms with van der Waals surface area (Å²) >= 11 is 0. The zero-order valence-electron chi connectivity index (χ0n) is 19.8. The van der Waals surface area contributed by atoms with Gasteiger partial charge in [0.15, 0.2) is 0 Å². The molecule has 0 aliphatic heterocycles. The SMILES string of the molecule is CCCCCCCc1cnc([C@H]2CC[C@H](COc3ccc(CCCC)cc3)CC2)nc1. The third-order valence-corrected chi connectivity index (χ3v) is 6.73. The maximum atomic E-state index is 6.09. The Bertz CT molecular complexity index is 718. The van der Waals surface area contributed by atoms with Crippen molar-refractivity contribution in [2.45, 2.75) is 103 Å². The van der Waals surface area contributed by atoms with Gasteiger partial charge in [-0.1, -0.05) is 58.1 Å². The molecule has 1 heterocycles. The second-order valence-corrected chi connectivity index (χ2v) is 9.39. The molecule has 1 aromatic heterocycles. The molecule has 31 heavy (non-hydrogen) atoms. The lowest BCUT2D eigenvalue weighted by Gasteiger charge is -2.27. The zero-order valence-corrected chi connectivity index (χ0v) is 19.8. The van der Waals surface area contributed by atoms with Crippen molar-refractivity contribution in [2.24, 2.45) is 5.92 Å². The largest absolute Gasteiger partial charge is 0.493 e. The average molecular weight is 423 g/mol. The predicted octanol–water partition coefficient (Wildman–Crippen LogP) is 7.68. The van der Waals surface area contributed by atoms with Crippen LogP contribution in [0.1, 0.15) is 107 Å². The highest BCUT2D eigenvalue weighted by molar-refractivity contribution is 5.27. The molecule has 3 rings (SSSR count). The number of aryl methyl sites for hydroxylation is 2. The van der Waals surface area contributed by atoms with Crippen molar-refractivity contribution in [1.82, 2.24) is 9.97 Å². The van der Waals surface area contributed by atoms with Crippen molar-refractivity contribution in [3.05, 3.63) is 53.6 Å². The van der Waals surface area contributed by atoms with E-state index < -0.39 is 0 Å². The fraction of sp³-hybridized carbons (Fsp3) is 0.643. The van der Waals surface area contributed by atoms with Gasteiger partial charge in [0.25, 0.3) is 0 Å². The first-order valence-electron chi connectivity index (χ1n) is 12.8. The molecule has 1 fully saturated rings. The molecule has 0 amide bonds. The normalized spacial score (nSPS) is 18.8. The van der Waals surface area contributed by atoms with Gasteiger partial charge in [0, 0.05) is 18.3 Å². The van der Waals surface area contributed by atoms with Gasteiger partial charge in [-0.2, -0.15) is 0 Å². The van der Waals surface area contributed by atoms with Crippen molar-refractivity contribution < 1.29 is 4.74 Å². The van der Waals surface area contributed by atoms with Gasteiger partial charge < -0.3 is 4.74 Å². The van der Waals surface area contributed by atoms with Crippen LogP contribution in [0.2, 0.25) is 0 Å². The minimum absolute atomic E-state index is 0.521. The molecule has 0 unspecified atom stereocenters. The molecule has 0 saturated heterocycles. The molecular formula is C28H42N2O. The van der Waals surface area contributed by atoms with E-state index in [0.29, 0.717) is 11.8 Å². The van der Waals surface area contributed by atoms with Crippen LogP contribution in [0.3, 0.4) is 0 Å². The molecule has 0 atom stereocenters. The molecule has 2 aromatic rings.